The third-order valence-electron chi connectivity index (χ3n) is 3.46. The van der Waals surface area contributed by atoms with E-state index in [4.69, 9.17) is 15.6 Å². The Morgan fingerprint density at radius 3 is 2.12 bits per heavy atom. The maximum atomic E-state index is 12.1. The highest BCUT2D eigenvalue weighted by atomic mass is 16.5. The van der Waals surface area contributed by atoms with E-state index in [-0.39, 0.29) is 12.2 Å². The molecule has 0 spiro atoms. The number of carbonyl (C=O) groups excluding carboxylic acids is 3. The molecule has 2 amide bonds. The molecule has 4 N–H and O–H groups in total. The van der Waals surface area contributed by atoms with Crippen LogP contribution in [-0.4, -0.2) is 29.0 Å². The van der Waals surface area contributed by atoms with Crippen molar-refractivity contribution in [2.45, 2.75) is 19.6 Å². The van der Waals surface area contributed by atoms with Crippen molar-refractivity contribution in [1.29, 1.82) is 0 Å². The number of hydrogen-bond acceptors (Lipinski definition) is 5. The first-order valence-electron chi connectivity index (χ1n) is 7.52. The lowest BCUT2D eigenvalue weighted by Gasteiger charge is -2.14. The van der Waals surface area contributed by atoms with Crippen molar-refractivity contribution in [1.82, 2.24) is 0 Å². The minimum Gasteiger partial charge on any atom is -0.449 e. The van der Waals surface area contributed by atoms with Crippen LogP contribution in [-0.2, 0) is 16.1 Å². The van der Waals surface area contributed by atoms with E-state index in [1.165, 1.54) is 43.3 Å². The van der Waals surface area contributed by atoms with E-state index in [9.17, 15) is 14.4 Å². The summed E-state index contributed by atoms with van der Waals surface area (Å²) in [6.07, 6.45) is -1.01. The van der Waals surface area contributed by atoms with Gasteiger partial charge in [-0.3, -0.25) is 9.59 Å². The molecule has 2 aromatic rings. The summed E-state index contributed by atoms with van der Waals surface area (Å²) >= 11 is 0. The Labute approximate surface area is 144 Å². The molecule has 7 heteroatoms. The number of primary amides is 1. The van der Waals surface area contributed by atoms with Gasteiger partial charge < -0.3 is 20.9 Å². The lowest BCUT2D eigenvalue weighted by molar-refractivity contribution is -0.123. The Kier molecular flexibility index (Phi) is 5.86. The van der Waals surface area contributed by atoms with Crippen LogP contribution in [0.25, 0.3) is 0 Å². The molecule has 0 saturated carbocycles. The van der Waals surface area contributed by atoms with E-state index in [2.05, 4.69) is 5.32 Å². The number of amides is 2. The second-order valence-corrected chi connectivity index (χ2v) is 5.33. The zero-order valence-corrected chi connectivity index (χ0v) is 13.6. The molecule has 0 fully saturated rings. The fourth-order valence-corrected chi connectivity index (χ4v) is 1.99. The normalized spacial score (nSPS) is 11.4. The average molecular weight is 342 g/mol. The van der Waals surface area contributed by atoms with Crippen LogP contribution < -0.4 is 11.1 Å². The number of carbonyl (C=O) groups is 3. The van der Waals surface area contributed by atoms with E-state index in [0.717, 1.165) is 0 Å². The van der Waals surface area contributed by atoms with Crippen LogP contribution in [0.4, 0.5) is 5.69 Å². The van der Waals surface area contributed by atoms with E-state index in [0.29, 0.717) is 16.8 Å². The van der Waals surface area contributed by atoms with Crippen LogP contribution in [0.3, 0.4) is 0 Å². The standard InChI is InChI=1S/C18H18N2O5/c1-11(25-18(24)14-4-2-12(10-21)3-5-14)17(23)20-15-8-6-13(7-9-15)16(19)22/h2-9,11,21H,10H2,1H3,(H2,19,22)(H,20,23)/t11-/m0/s1. The number of aliphatic hydroxyl groups is 1. The van der Waals surface area contributed by atoms with E-state index >= 15 is 0 Å². The van der Waals surface area contributed by atoms with Gasteiger partial charge in [-0.05, 0) is 48.9 Å². The van der Waals surface area contributed by atoms with Crippen molar-refractivity contribution >= 4 is 23.5 Å². The molecule has 0 bridgehead atoms. The number of nitrogens with one attached hydrogen (secondary N) is 1. The predicted molar refractivity (Wildman–Crippen MR) is 90.8 cm³/mol. The molecule has 7 nitrogen and oxygen atoms in total. The molecule has 0 aliphatic heterocycles. The second kappa shape index (κ2) is 8.07. The molecular weight excluding hydrogens is 324 g/mol. The summed E-state index contributed by atoms with van der Waals surface area (Å²) < 4.78 is 5.12. The molecule has 2 rings (SSSR count). The minimum absolute atomic E-state index is 0.122. The van der Waals surface area contributed by atoms with Crippen LogP contribution in [0, 0.1) is 0 Å². The monoisotopic (exact) mass is 342 g/mol. The molecule has 0 aliphatic carbocycles. The third kappa shape index (κ3) is 4.89. The van der Waals surface area contributed by atoms with Gasteiger partial charge in [-0.2, -0.15) is 0 Å². The highest BCUT2D eigenvalue weighted by molar-refractivity contribution is 5.98. The van der Waals surface area contributed by atoms with Crippen LogP contribution in [0.2, 0.25) is 0 Å². The van der Waals surface area contributed by atoms with E-state index in [1.54, 1.807) is 12.1 Å². The smallest absolute Gasteiger partial charge is 0.338 e. The number of hydrogen-bond donors (Lipinski definition) is 3. The van der Waals surface area contributed by atoms with Gasteiger partial charge in [-0.15, -0.1) is 0 Å². The molecule has 2 aromatic carbocycles. The zero-order valence-electron chi connectivity index (χ0n) is 13.6. The molecule has 0 aliphatic rings. The molecule has 1 atom stereocenters. The molecule has 0 heterocycles. The molecule has 25 heavy (non-hydrogen) atoms. The van der Waals surface area contributed by atoms with Crippen LogP contribution in [0.5, 0.6) is 0 Å². The summed E-state index contributed by atoms with van der Waals surface area (Å²) in [6, 6.07) is 12.3. The van der Waals surface area contributed by atoms with Gasteiger partial charge in [-0.1, -0.05) is 12.1 Å². The largest absolute Gasteiger partial charge is 0.449 e. The van der Waals surface area contributed by atoms with Gasteiger partial charge in [0.25, 0.3) is 5.91 Å². The summed E-state index contributed by atoms with van der Waals surface area (Å²) in [5, 5.41) is 11.6. The van der Waals surface area contributed by atoms with Crippen LogP contribution in [0.15, 0.2) is 48.5 Å². The topological polar surface area (TPSA) is 119 Å². The number of esters is 1. The lowest BCUT2D eigenvalue weighted by atomic mass is 10.1. The summed E-state index contributed by atoms with van der Waals surface area (Å²) in [5.41, 5.74) is 6.86. The first-order valence-corrected chi connectivity index (χ1v) is 7.52. The highest BCUT2D eigenvalue weighted by Gasteiger charge is 2.19. The van der Waals surface area contributed by atoms with Crippen molar-refractivity contribution in [2.75, 3.05) is 5.32 Å². The van der Waals surface area contributed by atoms with Gasteiger partial charge in [0.15, 0.2) is 6.10 Å². The summed E-state index contributed by atoms with van der Waals surface area (Å²) in [5.74, 6) is -1.71. The third-order valence-corrected chi connectivity index (χ3v) is 3.46. The van der Waals surface area contributed by atoms with Crippen molar-refractivity contribution in [3.63, 3.8) is 0 Å². The first kappa shape index (κ1) is 18.2. The van der Waals surface area contributed by atoms with Crippen molar-refractivity contribution < 1.29 is 24.2 Å². The molecule has 0 unspecified atom stereocenters. The first-order chi connectivity index (χ1) is 11.9. The zero-order chi connectivity index (χ0) is 18.4. The summed E-state index contributed by atoms with van der Waals surface area (Å²) in [6.45, 7) is 1.33. The van der Waals surface area contributed by atoms with Crippen molar-refractivity contribution in [3.8, 4) is 0 Å². The number of rotatable bonds is 6. The van der Waals surface area contributed by atoms with Crippen LogP contribution >= 0.6 is 0 Å². The van der Waals surface area contributed by atoms with E-state index < -0.39 is 23.9 Å². The Morgan fingerprint density at radius 2 is 1.60 bits per heavy atom. The van der Waals surface area contributed by atoms with Gasteiger partial charge in [0.2, 0.25) is 5.91 Å². The predicted octanol–water partition coefficient (Wildman–Crippen LogP) is 1.46. The van der Waals surface area contributed by atoms with Gasteiger partial charge in [0, 0.05) is 11.3 Å². The van der Waals surface area contributed by atoms with Crippen molar-refractivity contribution in [2.24, 2.45) is 5.73 Å². The fraction of sp³-hybridized carbons (Fsp3) is 0.167. The number of ether oxygens (including phenoxy) is 1. The SMILES string of the molecule is C[C@H](OC(=O)c1ccc(CO)cc1)C(=O)Nc1ccc(C(N)=O)cc1. The minimum atomic E-state index is -1.01. The summed E-state index contributed by atoms with van der Waals surface area (Å²) in [7, 11) is 0. The number of benzene rings is 2. The Hall–Kier alpha value is -3.19. The van der Waals surface area contributed by atoms with Gasteiger partial charge >= 0.3 is 5.97 Å². The Balaban J connectivity index is 1.94. The molecular formula is C18H18N2O5. The molecule has 0 radical (unpaired) electrons. The number of nitrogens with two attached hydrogens (primary N) is 1. The van der Waals surface area contributed by atoms with Gasteiger partial charge in [0.05, 0.1) is 12.2 Å². The Bertz CT molecular complexity index is 769. The molecule has 130 valence electrons. The summed E-state index contributed by atoms with van der Waals surface area (Å²) in [4.78, 5) is 35.1. The van der Waals surface area contributed by atoms with E-state index in [1.807, 2.05) is 0 Å². The number of anilines is 1. The van der Waals surface area contributed by atoms with Gasteiger partial charge in [0.1, 0.15) is 0 Å². The lowest BCUT2D eigenvalue weighted by Crippen LogP contribution is -2.30. The maximum absolute atomic E-state index is 12.1. The van der Waals surface area contributed by atoms with Crippen LogP contribution in [0.1, 0.15) is 33.2 Å². The maximum Gasteiger partial charge on any atom is 0.338 e. The van der Waals surface area contributed by atoms with Crippen molar-refractivity contribution in [3.05, 3.63) is 65.2 Å². The number of aliphatic hydroxyl groups excluding tert-OH is 1. The quantitative estimate of drug-likeness (QED) is 0.687. The highest BCUT2D eigenvalue weighted by Crippen LogP contribution is 2.12. The Morgan fingerprint density at radius 1 is 1.04 bits per heavy atom. The molecule has 0 saturated heterocycles. The fourth-order valence-electron chi connectivity index (χ4n) is 1.99. The molecule has 0 aromatic heterocycles. The van der Waals surface area contributed by atoms with Gasteiger partial charge in [-0.25, -0.2) is 4.79 Å². The average Bonchev–Trinajstić information content (AvgIpc) is 2.62. The second-order valence-electron chi connectivity index (χ2n) is 5.33.